The molecule has 2 aromatic rings. The molecule has 1 aromatic carbocycles. The zero-order chi connectivity index (χ0) is 16.8. The second kappa shape index (κ2) is 8.06. The first-order valence-corrected chi connectivity index (χ1v) is 8.46. The average molecular weight is 330 g/mol. The predicted octanol–water partition coefficient (Wildman–Crippen LogP) is 2.43. The molecule has 5 nitrogen and oxygen atoms in total. The maximum atomic E-state index is 13.2. The SMILES string of the molecule is O=C(CCc1cn[nH]c1)NC[C@H](c1ccc(F)cc1)N1CCCC1. The van der Waals surface area contributed by atoms with Crippen molar-refractivity contribution in [2.45, 2.75) is 31.7 Å². The van der Waals surface area contributed by atoms with Crippen molar-refractivity contribution in [2.24, 2.45) is 0 Å². The highest BCUT2D eigenvalue weighted by molar-refractivity contribution is 5.76. The Morgan fingerprint density at radius 2 is 2.04 bits per heavy atom. The highest BCUT2D eigenvalue weighted by Gasteiger charge is 2.23. The monoisotopic (exact) mass is 330 g/mol. The van der Waals surface area contributed by atoms with Crippen LogP contribution in [0.4, 0.5) is 4.39 Å². The lowest BCUT2D eigenvalue weighted by molar-refractivity contribution is -0.121. The standard InChI is InChI=1S/C18H23FN4O/c19-16-6-4-15(5-7-16)17(23-9-1-2-10-23)13-20-18(24)8-3-14-11-21-22-12-14/h4-7,11-12,17H,1-3,8-10,13H2,(H,20,24)(H,21,22)/t17-/m1/s1. The van der Waals surface area contributed by atoms with E-state index >= 15 is 0 Å². The second-order valence-corrected chi connectivity index (χ2v) is 6.22. The van der Waals surface area contributed by atoms with Gasteiger partial charge in [-0.3, -0.25) is 14.8 Å². The number of nitrogens with zero attached hydrogens (tertiary/aromatic N) is 2. The molecule has 1 saturated heterocycles. The molecule has 3 rings (SSSR count). The van der Waals surface area contributed by atoms with E-state index < -0.39 is 0 Å². The first-order chi connectivity index (χ1) is 11.7. The van der Waals surface area contributed by atoms with Crippen molar-refractivity contribution in [2.75, 3.05) is 19.6 Å². The molecule has 1 atom stereocenters. The Bertz CT molecular complexity index is 636. The summed E-state index contributed by atoms with van der Waals surface area (Å²) in [5, 5.41) is 9.66. The molecule has 2 N–H and O–H groups in total. The third-order valence-corrected chi connectivity index (χ3v) is 4.52. The van der Waals surface area contributed by atoms with E-state index in [0.717, 1.165) is 24.2 Å². The Morgan fingerprint density at radius 1 is 1.29 bits per heavy atom. The van der Waals surface area contributed by atoms with Gasteiger partial charge in [-0.2, -0.15) is 5.10 Å². The van der Waals surface area contributed by atoms with Crippen LogP contribution in [-0.4, -0.2) is 40.6 Å². The minimum absolute atomic E-state index is 0.0301. The van der Waals surface area contributed by atoms with Crippen LogP contribution in [0.3, 0.4) is 0 Å². The fraction of sp³-hybridized carbons (Fsp3) is 0.444. The number of halogens is 1. The van der Waals surface area contributed by atoms with Crippen LogP contribution in [0.1, 0.15) is 36.4 Å². The molecular weight excluding hydrogens is 307 g/mol. The van der Waals surface area contributed by atoms with Crippen LogP contribution in [0.2, 0.25) is 0 Å². The molecule has 24 heavy (non-hydrogen) atoms. The summed E-state index contributed by atoms with van der Waals surface area (Å²) in [7, 11) is 0. The lowest BCUT2D eigenvalue weighted by Crippen LogP contribution is -2.36. The zero-order valence-corrected chi connectivity index (χ0v) is 13.7. The fourth-order valence-electron chi connectivity index (χ4n) is 3.17. The molecule has 0 spiro atoms. The number of amides is 1. The molecule has 6 heteroatoms. The topological polar surface area (TPSA) is 61.0 Å². The summed E-state index contributed by atoms with van der Waals surface area (Å²) in [5.41, 5.74) is 2.08. The minimum atomic E-state index is -0.233. The Kier molecular flexibility index (Phi) is 5.59. The van der Waals surface area contributed by atoms with Crippen LogP contribution in [0.5, 0.6) is 0 Å². The van der Waals surface area contributed by atoms with Crippen LogP contribution in [-0.2, 0) is 11.2 Å². The average Bonchev–Trinajstić information content (AvgIpc) is 3.28. The summed E-state index contributed by atoms with van der Waals surface area (Å²) in [5.74, 6) is -0.203. The molecule has 0 saturated carbocycles. The molecule has 128 valence electrons. The van der Waals surface area contributed by atoms with Crippen molar-refractivity contribution in [1.82, 2.24) is 20.4 Å². The van der Waals surface area contributed by atoms with Gasteiger partial charge in [-0.05, 0) is 55.6 Å². The number of hydrogen-bond donors (Lipinski definition) is 2. The van der Waals surface area contributed by atoms with E-state index in [9.17, 15) is 9.18 Å². The highest BCUT2D eigenvalue weighted by atomic mass is 19.1. The van der Waals surface area contributed by atoms with E-state index in [1.165, 1.54) is 25.0 Å². The number of rotatable bonds is 7. The lowest BCUT2D eigenvalue weighted by Gasteiger charge is -2.28. The molecule has 0 bridgehead atoms. The van der Waals surface area contributed by atoms with Crippen LogP contribution in [0.25, 0.3) is 0 Å². The number of aromatic nitrogens is 2. The number of carbonyl (C=O) groups excluding carboxylic acids is 1. The fourth-order valence-corrected chi connectivity index (χ4v) is 3.17. The Hall–Kier alpha value is -2.21. The van der Waals surface area contributed by atoms with Crippen molar-refractivity contribution in [3.63, 3.8) is 0 Å². The zero-order valence-electron chi connectivity index (χ0n) is 13.7. The van der Waals surface area contributed by atoms with Gasteiger partial charge in [0.1, 0.15) is 5.82 Å². The first-order valence-electron chi connectivity index (χ1n) is 8.46. The van der Waals surface area contributed by atoms with E-state index in [4.69, 9.17) is 0 Å². The van der Waals surface area contributed by atoms with Crippen molar-refractivity contribution >= 4 is 5.91 Å². The quantitative estimate of drug-likeness (QED) is 0.820. The van der Waals surface area contributed by atoms with Gasteiger partial charge in [0.2, 0.25) is 5.91 Å². The number of aryl methyl sites for hydroxylation is 1. The van der Waals surface area contributed by atoms with E-state index in [1.54, 1.807) is 12.4 Å². The number of aromatic amines is 1. The van der Waals surface area contributed by atoms with E-state index in [-0.39, 0.29) is 17.8 Å². The number of hydrogen-bond acceptors (Lipinski definition) is 3. The molecule has 0 aliphatic carbocycles. The molecule has 0 radical (unpaired) electrons. The van der Waals surface area contributed by atoms with Crippen LogP contribution in [0, 0.1) is 5.82 Å². The maximum absolute atomic E-state index is 13.2. The lowest BCUT2D eigenvalue weighted by atomic mass is 10.1. The number of benzene rings is 1. The van der Waals surface area contributed by atoms with Gasteiger partial charge >= 0.3 is 0 Å². The Morgan fingerprint density at radius 3 is 2.71 bits per heavy atom. The molecule has 1 aliphatic rings. The van der Waals surface area contributed by atoms with Gasteiger partial charge in [0, 0.05) is 19.2 Å². The van der Waals surface area contributed by atoms with Gasteiger partial charge in [-0.15, -0.1) is 0 Å². The predicted molar refractivity (Wildman–Crippen MR) is 89.9 cm³/mol. The minimum Gasteiger partial charge on any atom is -0.354 e. The summed E-state index contributed by atoms with van der Waals surface area (Å²) in [6.07, 6.45) is 7.00. The molecule has 1 amide bonds. The third kappa shape index (κ3) is 4.41. The van der Waals surface area contributed by atoms with E-state index in [1.807, 2.05) is 12.1 Å². The first kappa shape index (κ1) is 16.6. The smallest absolute Gasteiger partial charge is 0.220 e. The number of H-pyrrole nitrogens is 1. The number of likely N-dealkylation sites (tertiary alicyclic amines) is 1. The Labute approximate surface area is 141 Å². The van der Waals surface area contributed by atoms with Crippen molar-refractivity contribution in [3.05, 3.63) is 53.6 Å². The van der Waals surface area contributed by atoms with Gasteiger partial charge in [0.25, 0.3) is 0 Å². The van der Waals surface area contributed by atoms with E-state index in [2.05, 4.69) is 20.4 Å². The summed E-state index contributed by atoms with van der Waals surface area (Å²) in [4.78, 5) is 14.5. The van der Waals surface area contributed by atoms with Crippen molar-refractivity contribution in [1.29, 1.82) is 0 Å². The number of carbonyl (C=O) groups is 1. The summed E-state index contributed by atoms with van der Waals surface area (Å²) in [6.45, 7) is 2.59. The number of nitrogens with one attached hydrogen (secondary N) is 2. The summed E-state index contributed by atoms with van der Waals surface area (Å²) >= 11 is 0. The highest BCUT2D eigenvalue weighted by Crippen LogP contribution is 2.24. The van der Waals surface area contributed by atoms with Gasteiger partial charge < -0.3 is 5.32 Å². The van der Waals surface area contributed by atoms with Gasteiger partial charge in [0.15, 0.2) is 0 Å². The van der Waals surface area contributed by atoms with Gasteiger partial charge in [0.05, 0.1) is 12.2 Å². The summed E-state index contributed by atoms with van der Waals surface area (Å²) < 4.78 is 13.2. The van der Waals surface area contributed by atoms with Gasteiger partial charge in [-0.25, -0.2) is 4.39 Å². The molecule has 0 unspecified atom stereocenters. The second-order valence-electron chi connectivity index (χ2n) is 6.22. The molecule has 1 fully saturated rings. The Balaban J connectivity index is 1.57. The maximum Gasteiger partial charge on any atom is 0.220 e. The van der Waals surface area contributed by atoms with Crippen LogP contribution >= 0.6 is 0 Å². The largest absolute Gasteiger partial charge is 0.354 e. The van der Waals surface area contributed by atoms with Gasteiger partial charge in [-0.1, -0.05) is 12.1 Å². The molecular formula is C18H23FN4O. The van der Waals surface area contributed by atoms with Crippen molar-refractivity contribution < 1.29 is 9.18 Å². The van der Waals surface area contributed by atoms with Crippen LogP contribution < -0.4 is 5.32 Å². The molecule has 2 heterocycles. The normalized spacial score (nSPS) is 16.2. The van der Waals surface area contributed by atoms with E-state index in [0.29, 0.717) is 19.4 Å². The molecule has 1 aromatic heterocycles. The third-order valence-electron chi connectivity index (χ3n) is 4.52. The van der Waals surface area contributed by atoms with Crippen LogP contribution in [0.15, 0.2) is 36.7 Å². The molecule has 1 aliphatic heterocycles. The van der Waals surface area contributed by atoms with Crippen molar-refractivity contribution in [3.8, 4) is 0 Å². The summed E-state index contributed by atoms with van der Waals surface area (Å²) in [6, 6.07) is 6.70.